The van der Waals surface area contributed by atoms with Crippen LogP contribution in [0.15, 0.2) is 16.7 Å². The molecule has 5 nitrogen and oxygen atoms in total. The largest absolute Gasteiger partial charge is 0.373 e. The van der Waals surface area contributed by atoms with Crippen molar-refractivity contribution in [1.82, 2.24) is 15.0 Å². The molecule has 0 aromatic carbocycles. The maximum atomic E-state index is 6.21. The molecule has 2 aliphatic heterocycles. The van der Waals surface area contributed by atoms with Crippen LogP contribution < -0.4 is 0 Å². The molecule has 0 unspecified atom stereocenters. The third-order valence-corrected chi connectivity index (χ3v) is 5.52. The standard InChI is InChI=1S/C16H21N3O2S/c1-10-3-4-14(22-10)8-19-7-12-5-13(20-15(12)9-19)6-16-17-11(2)18-21-16/h3-4,12-13,15H,5-9H2,1-2H3/t12-,13-,15+/m0/s1. The quantitative estimate of drug-likeness (QED) is 0.867. The molecule has 2 saturated heterocycles. The highest BCUT2D eigenvalue weighted by molar-refractivity contribution is 7.11. The Morgan fingerprint density at radius 3 is 2.91 bits per heavy atom. The summed E-state index contributed by atoms with van der Waals surface area (Å²) >= 11 is 1.90. The van der Waals surface area contributed by atoms with Gasteiger partial charge in [0.1, 0.15) is 0 Å². The lowest BCUT2D eigenvalue weighted by atomic mass is 10.0. The van der Waals surface area contributed by atoms with E-state index in [9.17, 15) is 0 Å². The number of ether oxygens (including phenoxy) is 1. The van der Waals surface area contributed by atoms with Gasteiger partial charge in [-0.3, -0.25) is 4.90 Å². The molecule has 6 heteroatoms. The van der Waals surface area contributed by atoms with E-state index in [-0.39, 0.29) is 6.10 Å². The van der Waals surface area contributed by atoms with E-state index in [0.717, 1.165) is 32.5 Å². The van der Waals surface area contributed by atoms with Gasteiger partial charge in [0.15, 0.2) is 5.82 Å². The van der Waals surface area contributed by atoms with E-state index in [1.165, 1.54) is 9.75 Å². The summed E-state index contributed by atoms with van der Waals surface area (Å²) in [6.45, 7) is 7.26. The zero-order chi connectivity index (χ0) is 15.1. The highest BCUT2D eigenvalue weighted by atomic mass is 32.1. The van der Waals surface area contributed by atoms with E-state index in [2.05, 4.69) is 34.1 Å². The lowest BCUT2D eigenvalue weighted by Gasteiger charge is -2.17. The van der Waals surface area contributed by atoms with Crippen LogP contribution in [-0.2, 0) is 17.7 Å². The van der Waals surface area contributed by atoms with Gasteiger partial charge in [-0.1, -0.05) is 5.16 Å². The summed E-state index contributed by atoms with van der Waals surface area (Å²) in [4.78, 5) is 9.64. The number of hydrogen-bond acceptors (Lipinski definition) is 6. The molecule has 0 N–H and O–H groups in total. The molecule has 0 amide bonds. The van der Waals surface area contributed by atoms with Crippen LogP contribution in [0.4, 0.5) is 0 Å². The van der Waals surface area contributed by atoms with Crippen LogP contribution in [-0.4, -0.2) is 40.3 Å². The van der Waals surface area contributed by atoms with Crippen LogP contribution in [0.1, 0.15) is 27.9 Å². The van der Waals surface area contributed by atoms with E-state index in [1.807, 2.05) is 18.3 Å². The molecule has 0 radical (unpaired) electrons. The van der Waals surface area contributed by atoms with Crippen LogP contribution in [0.5, 0.6) is 0 Å². The van der Waals surface area contributed by atoms with E-state index >= 15 is 0 Å². The average molecular weight is 319 g/mol. The number of rotatable bonds is 4. The zero-order valence-corrected chi connectivity index (χ0v) is 13.8. The summed E-state index contributed by atoms with van der Waals surface area (Å²) in [5.74, 6) is 2.05. The first-order valence-electron chi connectivity index (χ1n) is 7.88. The van der Waals surface area contributed by atoms with Gasteiger partial charge in [0.2, 0.25) is 5.89 Å². The minimum atomic E-state index is 0.237. The number of hydrogen-bond donors (Lipinski definition) is 0. The van der Waals surface area contributed by atoms with Crippen molar-refractivity contribution in [2.45, 2.75) is 45.4 Å². The molecule has 4 heterocycles. The molecular formula is C16H21N3O2S. The van der Waals surface area contributed by atoms with E-state index < -0.39 is 0 Å². The van der Waals surface area contributed by atoms with Crippen molar-refractivity contribution in [3.8, 4) is 0 Å². The van der Waals surface area contributed by atoms with Crippen LogP contribution in [0.3, 0.4) is 0 Å². The molecule has 0 bridgehead atoms. The van der Waals surface area contributed by atoms with Crippen molar-refractivity contribution >= 4 is 11.3 Å². The highest BCUT2D eigenvalue weighted by Crippen LogP contribution is 2.35. The summed E-state index contributed by atoms with van der Waals surface area (Å²) in [7, 11) is 0. The highest BCUT2D eigenvalue weighted by Gasteiger charge is 2.42. The molecule has 0 aliphatic carbocycles. The second-order valence-electron chi connectivity index (χ2n) is 6.44. The number of fused-ring (bicyclic) bond motifs is 1. The summed E-state index contributed by atoms with van der Waals surface area (Å²) in [6.07, 6.45) is 2.46. The van der Waals surface area contributed by atoms with Gasteiger partial charge in [-0.15, -0.1) is 11.3 Å². The number of thiophene rings is 1. The molecule has 2 aromatic heterocycles. The zero-order valence-electron chi connectivity index (χ0n) is 13.0. The molecule has 118 valence electrons. The van der Waals surface area contributed by atoms with Crippen LogP contribution in [0, 0.1) is 19.8 Å². The Bertz CT molecular complexity index is 585. The van der Waals surface area contributed by atoms with Crippen molar-refractivity contribution in [3.63, 3.8) is 0 Å². The van der Waals surface area contributed by atoms with Gasteiger partial charge in [0.05, 0.1) is 18.6 Å². The minimum absolute atomic E-state index is 0.237. The molecule has 22 heavy (non-hydrogen) atoms. The van der Waals surface area contributed by atoms with Crippen LogP contribution >= 0.6 is 11.3 Å². The maximum absolute atomic E-state index is 6.21. The topological polar surface area (TPSA) is 51.4 Å². The Morgan fingerprint density at radius 2 is 2.23 bits per heavy atom. The number of nitrogens with zero attached hydrogens (tertiary/aromatic N) is 3. The Hall–Kier alpha value is -1.24. The van der Waals surface area contributed by atoms with Crippen molar-refractivity contribution in [1.29, 1.82) is 0 Å². The van der Waals surface area contributed by atoms with E-state index in [0.29, 0.717) is 23.7 Å². The number of likely N-dealkylation sites (tertiary alicyclic amines) is 1. The number of aryl methyl sites for hydroxylation is 2. The van der Waals surface area contributed by atoms with Crippen LogP contribution in [0.25, 0.3) is 0 Å². The third kappa shape index (κ3) is 2.95. The predicted octanol–water partition coefficient (Wildman–Crippen LogP) is 2.58. The minimum Gasteiger partial charge on any atom is -0.373 e. The molecule has 0 spiro atoms. The fraction of sp³-hybridized carbons (Fsp3) is 0.625. The van der Waals surface area contributed by atoms with Gasteiger partial charge in [-0.2, -0.15) is 4.98 Å². The average Bonchev–Trinajstić information content (AvgIpc) is 3.18. The lowest BCUT2D eigenvalue weighted by Crippen LogP contribution is -2.25. The first kappa shape index (κ1) is 14.4. The summed E-state index contributed by atoms with van der Waals surface area (Å²) in [5.41, 5.74) is 0. The molecule has 0 saturated carbocycles. The van der Waals surface area contributed by atoms with Crippen LogP contribution in [0.2, 0.25) is 0 Å². The van der Waals surface area contributed by atoms with Gasteiger partial charge in [-0.25, -0.2) is 0 Å². The Labute approximate surface area is 134 Å². The second-order valence-corrected chi connectivity index (χ2v) is 7.81. The van der Waals surface area contributed by atoms with Crippen molar-refractivity contribution in [2.24, 2.45) is 5.92 Å². The van der Waals surface area contributed by atoms with Gasteiger partial charge in [-0.05, 0) is 32.4 Å². The molecular weight excluding hydrogens is 298 g/mol. The normalized spacial score (nSPS) is 28.4. The van der Waals surface area contributed by atoms with E-state index in [4.69, 9.17) is 9.26 Å². The molecule has 3 atom stereocenters. The van der Waals surface area contributed by atoms with Gasteiger partial charge in [0, 0.05) is 35.3 Å². The molecule has 4 rings (SSSR count). The summed E-state index contributed by atoms with van der Waals surface area (Å²) in [6, 6.07) is 4.45. The predicted molar refractivity (Wildman–Crippen MR) is 83.8 cm³/mol. The SMILES string of the molecule is Cc1noc(C[C@@H]2C[C@H]3CN(Cc4ccc(C)s4)C[C@H]3O2)n1. The van der Waals surface area contributed by atoms with Gasteiger partial charge in [0.25, 0.3) is 0 Å². The first-order valence-corrected chi connectivity index (χ1v) is 8.69. The summed E-state index contributed by atoms with van der Waals surface area (Å²) in [5, 5.41) is 3.84. The first-order chi connectivity index (χ1) is 10.7. The Balaban J connectivity index is 1.30. The lowest BCUT2D eigenvalue weighted by molar-refractivity contribution is 0.0344. The molecule has 2 aliphatic rings. The Morgan fingerprint density at radius 1 is 1.32 bits per heavy atom. The van der Waals surface area contributed by atoms with Gasteiger partial charge >= 0.3 is 0 Å². The monoisotopic (exact) mass is 319 g/mol. The van der Waals surface area contributed by atoms with Crippen molar-refractivity contribution < 1.29 is 9.26 Å². The third-order valence-electron chi connectivity index (χ3n) is 4.54. The summed E-state index contributed by atoms with van der Waals surface area (Å²) < 4.78 is 11.4. The van der Waals surface area contributed by atoms with Crippen molar-refractivity contribution in [3.05, 3.63) is 33.6 Å². The Kier molecular flexibility index (Phi) is 3.76. The number of aromatic nitrogens is 2. The maximum Gasteiger partial charge on any atom is 0.229 e. The second kappa shape index (κ2) is 5.76. The smallest absolute Gasteiger partial charge is 0.229 e. The van der Waals surface area contributed by atoms with Crippen molar-refractivity contribution in [2.75, 3.05) is 13.1 Å². The van der Waals surface area contributed by atoms with Gasteiger partial charge < -0.3 is 9.26 Å². The van der Waals surface area contributed by atoms with E-state index in [1.54, 1.807) is 0 Å². The fourth-order valence-corrected chi connectivity index (χ4v) is 4.55. The fourth-order valence-electron chi connectivity index (χ4n) is 3.62. The molecule has 2 fully saturated rings. The molecule has 2 aromatic rings.